The molecule has 1 N–H and O–H groups in total. The number of amides is 1. The zero-order valence-electron chi connectivity index (χ0n) is 14.6. The van der Waals surface area contributed by atoms with Gasteiger partial charge in [-0.15, -0.1) is 0 Å². The van der Waals surface area contributed by atoms with Crippen LogP contribution in [0.15, 0.2) is 48.7 Å². The predicted octanol–water partition coefficient (Wildman–Crippen LogP) is 3.33. The average Bonchev–Trinajstić information content (AvgIpc) is 2.56. The summed E-state index contributed by atoms with van der Waals surface area (Å²) < 4.78 is 10.8. The standard InChI is InChI=1S/C19H22N2O4/c1-19(2,3)18(23)21-13-11-17(22)25-15-9-7-14(8-10-15)24-16-6-4-5-12-20-16/h4-10,12H,11,13H2,1-3H3,(H,21,23). The molecule has 0 fully saturated rings. The van der Waals surface area contributed by atoms with Crippen LogP contribution in [0, 0.1) is 5.41 Å². The average molecular weight is 342 g/mol. The lowest BCUT2D eigenvalue weighted by atomic mass is 9.96. The smallest absolute Gasteiger partial charge is 0.312 e. The van der Waals surface area contributed by atoms with Crippen LogP contribution in [-0.4, -0.2) is 23.4 Å². The molecule has 25 heavy (non-hydrogen) atoms. The summed E-state index contributed by atoms with van der Waals surface area (Å²) >= 11 is 0. The normalized spacial score (nSPS) is 10.8. The van der Waals surface area contributed by atoms with Crippen molar-refractivity contribution in [2.24, 2.45) is 5.41 Å². The molecule has 0 saturated heterocycles. The summed E-state index contributed by atoms with van der Waals surface area (Å²) in [5, 5.41) is 2.71. The first-order chi connectivity index (χ1) is 11.8. The number of hydrogen-bond donors (Lipinski definition) is 1. The topological polar surface area (TPSA) is 77.5 Å². The Labute approximate surface area is 147 Å². The second-order valence-electron chi connectivity index (χ2n) is 6.47. The predicted molar refractivity (Wildman–Crippen MR) is 93.5 cm³/mol. The van der Waals surface area contributed by atoms with Crippen molar-refractivity contribution in [1.29, 1.82) is 0 Å². The minimum Gasteiger partial charge on any atom is -0.439 e. The van der Waals surface area contributed by atoms with Crippen LogP contribution in [0.5, 0.6) is 17.4 Å². The van der Waals surface area contributed by atoms with Crippen molar-refractivity contribution in [2.75, 3.05) is 6.54 Å². The molecule has 0 aliphatic carbocycles. The molecule has 0 bridgehead atoms. The summed E-state index contributed by atoms with van der Waals surface area (Å²) in [7, 11) is 0. The van der Waals surface area contributed by atoms with E-state index < -0.39 is 11.4 Å². The number of esters is 1. The Morgan fingerprint density at radius 3 is 2.32 bits per heavy atom. The Hall–Kier alpha value is -2.89. The molecule has 6 heteroatoms. The highest BCUT2D eigenvalue weighted by Crippen LogP contribution is 2.22. The fourth-order valence-electron chi connectivity index (χ4n) is 1.83. The zero-order chi connectivity index (χ0) is 18.3. The van der Waals surface area contributed by atoms with Crippen molar-refractivity contribution in [3.63, 3.8) is 0 Å². The third-order valence-corrected chi connectivity index (χ3v) is 3.21. The third kappa shape index (κ3) is 6.25. The van der Waals surface area contributed by atoms with E-state index in [-0.39, 0.29) is 18.9 Å². The van der Waals surface area contributed by atoms with Crippen LogP contribution in [0.4, 0.5) is 0 Å². The molecule has 0 saturated carbocycles. The van der Waals surface area contributed by atoms with Gasteiger partial charge in [0.05, 0.1) is 6.42 Å². The molecule has 1 amide bonds. The van der Waals surface area contributed by atoms with E-state index in [1.165, 1.54) is 0 Å². The van der Waals surface area contributed by atoms with Crippen LogP contribution in [0.1, 0.15) is 27.2 Å². The maximum Gasteiger partial charge on any atom is 0.312 e. The number of carbonyl (C=O) groups is 2. The van der Waals surface area contributed by atoms with E-state index in [0.717, 1.165) is 0 Å². The van der Waals surface area contributed by atoms with Crippen LogP contribution in [0.25, 0.3) is 0 Å². The first-order valence-corrected chi connectivity index (χ1v) is 8.02. The van der Waals surface area contributed by atoms with Gasteiger partial charge in [-0.1, -0.05) is 26.8 Å². The van der Waals surface area contributed by atoms with Crippen molar-refractivity contribution in [2.45, 2.75) is 27.2 Å². The Morgan fingerprint density at radius 1 is 1.04 bits per heavy atom. The number of hydrogen-bond acceptors (Lipinski definition) is 5. The molecule has 0 aliphatic heterocycles. The van der Waals surface area contributed by atoms with Crippen LogP contribution >= 0.6 is 0 Å². The largest absolute Gasteiger partial charge is 0.439 e. The molecule has 1 aromatic heterocycles. The molecule has 2 aromatic rings. The van der Waals surface area contributed by atoms with E-state index in [0.29, 0.717) is 17.4 Å². The molecule has 0 atom stereocenters. The molecule has 0 radical (unpaired) electrons. The second-order valence-corrected chi connectivity index (χ2v) is 6.47. The molecular weight excluding hydrogens is 320 g/mol. The molecule has 132 valence electrons. The molecule has 1 aromatic carbocycles. The monoisotopic (exact) mass is 342 g/mol. The third-order valence-electron chi connectivity index (χ3n) is 3.21. The van der Waals surface area contributed by atoms with Crippen molar-refractivity contribution in [3.05, 3.63) is 48.7 Å². The molecular formula is C19H22N2O4. The van der Waals surface area contributed by atoms with Gasteiger partial charge in [0.25, 0.3) is 0 Å². The molecule has 1 heterocycles. The fraction of sp³-hybridized carbons (Fsp3) is 0.316. The van der Waals surface area contributed by atoms with Gasteiger partial charge in [-0.2, -0.15) is 0 Å². The summed E-state index contributed by atoms with van der Waals surface area (Å²) in [6.07, 6.45) is 1.75. The maximum atomic E-state index is 11.8. The van der Waals surface area contributed by atoms with Crippen molar-refractivity contribution in [3.8, 4) is 17.4 Å². The van der Waals surface area contributed by atoms with Gasteiger partial charge < -0.3 is 14.8 Å². The Morgan fingerprint density at radius 2 is 1.72 bits per heavy atom. The van der Waals surface area contributed by atoms with Crippen molar-refractivity contribution < 1.29 is 19.1 Å². The van der Waals surface area contributed by atoms with Gasteiger partial charge in [0.15, 0.2) is 0 Å². The Bertz CT molecular complexity index is 706. The highest BCUT2D eigenvalue weighted by atomic mass is 16.5. The first kappa shape index (κ1) is 18.4. The number of ether oxygens (including phenoxy) is 2. The number of aromatic nitrogens is 1. The van der Waals surface area contributed by atoms with E-state index >= 15 is 0 Å². The lowest BCUT2D eigenvalue weighted by Crippen LogP contribution is -2.36. The van der Waals surface area contributed by atoms with Gasteiger partial charge in [0.2, 0.25) is 11.8 Å². The lowest BCUT2D eigenvalue weighted by molar-refractivity contribution is -0.134. The summed E-state index contributed by atoms with van der Waals surface area (Å²) in [5.41, 5.74) is -0.479. The summed E-state index contributed by atoms with van der Waals surface area (Å²) in [6.45, 7) is 5.69. The SMILES string of the molecule is CC(C)(C)C(=O)NCCC(=O)Oc1ccc(Oc2ccccn2)cc1. The number of pyridine rings is 1. The van der Waals surface area contributed by atoms with Gasteiger partial charge in [0.1, 0.15) is 11.5 Å². The van der Waals surface area contributed by atoms with Crippen LogP contribution < -0.4 is 14.8 Å². The first-order valence-electron chi connectivity index (χ1n) is 8.02. The molecule has 2 rings (SSSR count). The number of nitrogens with one attached hydrogen (secondary N) is 1. The number of carbonyl (C=O) groups excluding carboxylic acids is 2. The minimum atomic E-state index is -0.479. The number of nitrogens with zero attached hydrogens (tertiary/aromatic N) is 1. The summed E-state index contributed by atoms with van der Waals surface area (Å²) in [5.74, 6) is 0.988. The van der Waals surface area contributed by atoms with E-state index in [4.69, 9.17) is 9.47 Å². The lowest BCUT2D eigenvalue weighted by Gasteiger charge is -2.17. The van der Waals surface area contributed by atoms with E-state index in [2.05, 4.69) is 10.3 Å². The van der Waals surface area contributed by atoms with Crippen molar-refractivity contribution in [1.82, 2.24) is 10.3 Å². The molecule has 0 aliphatic rings. The highest BCUT2D eigenvalue weighted by Gasteiger charge is 2.20. The van der Waals surface area contributed by atoms with E-state index in [1.807, 2.05) is 26.8 Å². The van der Waals surface area contributed by atoms with E-state index in [1.54, 1.807) is 42.6 Å². The van der Waals surface area contributed by atoms with Gasteiger partial charge >= 0.3 is 5.97 Å². The molecule has 6 nitrogen and oxygen atoms in total. The van der Waals surface area contributed by atoms with Gasteiger partial charge in [0, 0.05) is 24.2 Å². The Balaban J connectivity index is 1.78. The quantitative estimate of drug-likeness (QED) is 0.643. The minimum absolute atomic E-state index is 0.101. The molecule has 0 unspecified atom stereocenters. The van der Waals surface area contributed by atoms with Crippen LogP contribution in [0.2, 0.25) is 0 Å². The number of benzene rings is 1. The van der Waals surface area contributed by atoms with Gasteiger partial charge in [-0.3, -0.25) is 9.59 Å². The number of rotatable bonds is 6. The van der Waals surface area contributed by atoms with Crippen molar-refractivity contribution >= 4 is 11.9 Å². The van der Waals surface area contributed by atoms with Crippen LogP contribution in [-0.2, 0) is 9.59 Å². The van der Waals surface area contributed by atoms with E-state index in [9.17, 15) is 9.59 Å². The van der Waals surface area contributed by atoms with Crippen LogP contribution in [0.3, 0.4) is 0 Å². The highest BCUT2D eigenvalue weighted by molar-refractivity contribution is 5.82. The van der Waals surface area contributed by atoms with Gasteiger partial charge in [-0.25, -0.2) is 4.98 Å². The molecule has 0 spiro atoms. The zero-order valence-corrected chi connectivity index (χ0v) is 14.6. The summed E-state index contributed by atoms with van der Waals surface area (Å²) in [4.78, 5) is 27.6. The summed E-state index contributed by atoms with van der Waals surface area (Å²) in [6, 6.07) is 12.1. The fourth-order valence-corrected chi connectivity index (χ4v) is 1.83. The second kappa shape index (κ2) is 8.28. The van der Waals surface area contributed by atoms with Gasteiger partial charge in [-0.05, 0) is 30.3 Å². The maximum absolute atomic E-state index is 11.8. The Kier molecular flexibility index (Phi) is 6.11.